The molecule has 0 spiro atoms. The van der Waals surface area contributed by atoms with E-state index in [4.69, 9.17) is 5.11 Å². The lowest BCUT2D eigenvalue weighted by molar-refractivity contribution is -0.137. The van der Waals surface area contributed by atoms with Gasteiger partial charge >= 0.3 is 5.97 Å². The Kier molecular flexibility index (Phi) is 3.33. The topological polar surface area (TPSA) is 66.3 Å². The number of thiophene rings is 1. The van der Waals surface area contributed by atoms with Crippen molar-refractivity contribution in [1.82, 2.24) is 9.97 Å². The summed E-state index contributed by atoms with van der Waals surface area (Å²) in [5.41, 5.74) is 0.939. The highest BCUT2D eigenvalue weighted by Crippen LogP contribution is 2.32. The minimum absolute atomic E-state index is 0.0476. The van der Waals surface area contributed by atoms with Crippen LogP contribution in [0.5, 0.6) is 0 Å². The molecule has 2 aromatic rings. The minimum atomic E-state index is -0.742. The maximum atomic E-state index is 11.0. The van der Waals surface area contributed by atoms with Gasteiger partial charge in [-0.1, -0.05) is 0 Å². The third-order valence-corrected chi connectivity index (χ3v) is 4.43. The maximum Gasteiger partial charge on any atom is 0.305 e. The van der Waals surface area contributed by atoms with E-state index in [1.165, 1.54) is 0 Å². The number of anilines is 1. The molecular weight excluding hydrogens is 262 g/mol. The summed E-state index contributed by atoms with van der Waals surface area (Å²) in [6.07, 6.45) is 4.84. The zero-order chi connectivity index (χ0) is 13.2. The molecule has 0 saturated carbocycles. The highest BCUT2D eigenvalue weighted by atomic mass is 32.1. The third kappa shape index (κ3) is 2.40. The molecular formula is C13H15N3O2S. The molecule has 2 aromatic heterocycles. The van der Waals surface area contributed by atoms with Gasteiger partial charge in [0.25, 0.3) is 0 Å². The van der Waals surface area contributed by atoms with Crippen LogP contribution in [0.4, 0.5) is 5.82 Å². The Morgan fingerprint density at radius 2 is 2.37 bits per heavy atom. The molecule has 1 unspecified atom stereocenters. The normalized spacial score (nSPS) is 19.8. The van der Waals surface area contributed by atoms with Crippen molar-refractivity contribution in [1.29, 1.82) is 0 Å². The van der Waals surface area contributed by atoms with E-state index < -0.39 is 5.97 Å². The summed E-state index contributed by atoms with van der Waals surface area (Å²) in [5, 5.41) is 11.0. The average molecular weight is 277 g/mol. The highest BCUT2D eigenvalue weighted by Gasteiger charge is 2.27. The molecule has 1 aliphatic heterocycles. The largest absolute Gasteiger partial charge is 0.481 e. The van der Waals surface area contributed by atoms with Crippen LogP contribution in [0.2, 0.25) is 0 Å². The zero-order valence-electron chi connectivity index (χ0n) is 10.5. The van der Waals surface area contributed by atoms with E-state index in [-0.39, 0.29) is 12.5 Å². The fourth-order valence-corrected chi connectivity index (χ4v) is 3.52. The van der Waals surface area contributed by atoms with E-state index in [0.29, 0.717) is 0 Å². The van der Waals surface area contributed by atoms with E-state index in [1.54, 1.807) is 17.7 Å². The lowest BCUT2D eigenvalue weighted by Gasteiger charge is -2.36. The van der Waals surface area contributed by atoms with E-state index in [0.717, 1.165) is 41.8 Å². The van der Waals surface area contributed by atoms with Gasteiger partial charge in [-0.25, -0.2) is 9.97 Å². The molecule has 0 bridgehead atoms. The highest BCUT2D eigenvalue weighted by molar-refractivity contribution is 7.17. The van der Waals surface area contributed by atoms with Crippen molar-refractivity contribution < 1.29 is 9.90 Å². The molecule has 1 N–H and O–H groups in total. The first kappa shape index (κ1) is 12.3. The summed E-state index contributed by atoms with van der Waals surface area (Å²) in [6, 6.07) is 2.02. The van der Waals surface area contributed by atoms with Gasteiger partial charge < -0.3 is 10.0 Å². The second-order valence-corrected chi connectivity index (χ2v) is 5.69. The molecule has 100 valence electrons. The second kappa shape index (κ2) is 5.13. The number of carboxylic acids is 1. The second-order valence-electron chi connectivity index (χ2n) is 4.77. The third-order valence-electron chi connectivity index (χ3n) is 3.53. The molecule has 19 heavy (non-hydrogen) atoms. The number of nitrogens with zero attached hydrogens (tertiary/aromatic N) is 3. The summed E-state index contributed by atoms with van der Waals surface area (Å²) >= 11 is 1.61. The van der Waals surface area contributed by atoms with Crippen LogP contribution in [0.1, 0.15) is 25.7 Å². The van der Waals surface area contributed by atoms with Gasteiger partial charge in [0.2, 0.25) is 0 Å². The Morgan fingerprint density at radius 3 is 3.21 bits per heavy atom. The van der Waals surface area contributed by atoms with Gasteiger partial charge in [-0.2, -0.15) is 0 Å². The monoisotopic (exact) mass is 277 g/mol. The van der Waals surface area contributed by atoms with Crippen LogP contribution >= 0.6 is 11.3 Å². The molecule has 6 heteroatoms. The molecule has 0 aromatic carbocycles. The number of fused-ring (bicyclic) bond motifs is 1. The lowest BCUT2D eigenvalue weighted by Crippen LogP contribution is -2.41. The molecule has 0 radical (unpaired) electrons. The van der Waals surface area contributed by atoms with E-state index in [1.807, 2.05) is 11.4 Å². The molecule has 3 heterocycles. The number of hydrogen-bond acceptors (Lipinski definition) is 5. The van der Waals surface area contributed by atoms with Crippen LogP contribution in [-0.4, -0.2) is 33.6 Å². The Balaban J connectivity index is 1.97. The van der Waals surface area contributed by atoms with Gasteiger partial charge in [0.15, 0.2) is 0 Å². The molecule has 1 atom stereocenters. The van der Waals surface area contributed by atoms with Crippen molar-refractivity contribution in [3.05, 3.63) is 17.8 Å². The Hall–Kier alpha value is -1.69. The van der Waals surface area contributed by atoms with E-state index in [2.05, 4.69) is 14.9 Å². The number of rotatable bonds is 3. The van der Waals surface area contributed by atoms with Crippen molar-refractivity contribution in [3.63, 3.8) is 0 Å². The SMILES string of the molecule is O=C(O)CC1CCCCN1c1ncnc2ccsc12. The fourth-order valence-electron chi connectivity index (χ4n) is 2.67. The van der Waals surface area contributed by atoms with Gasteiger partial charge in [-0.05, 0) is 30.7 Å². The smallest absolute Gasteiger partial charge is 0.305 e. The quantitative estimate of drug-likeness (QED) is 0.933. The van der Waals surface area contributed by atoms with Crippen LogP contribution < -0.4 is 4.90 Å². The van der Waals surface area contributed by atoms with Crippen molar-refractivity contribution >= 4 is 33.3 Å². The molecule has 5 nitrogen and oxygen atoms in total. The number of aliphatic carboxylic acids is 1. The van der Waals surface area contributed by atoms with Crippen LogP contribution in [0.15, 0.2) is 17.8 Å². The van der Waals surface area contributed by atoms with Gasteiger partial charge in [-0.3, -0.25) is 4.79 Å². The van der Waals surface area contributed by atoms with E-state index in [9.17, 15) is 4.79 Å². The lowest BCUT2D eigenvalue weighted by atomic mass is 9.99. The number of piperidine rings is 1. The molecule has 3 rings (SSSR count). The maximum absolute atomic E-state index is 11.0. The summed E-state index contributed by atoms with van der Waals surface area (Å²) in [4.78, 5) is 21.8. The summed E-state index contributed by atoms with van der Waals surface area (Å²) in [7, 11) is 0. The zero-order valence-corrected chi connectivity index (χ0v) is 11.3. The summed E-state index contributed by atoms with van der Waals surface area (Å²) in [6.45, 7) is 0.877. The summed E-state index contributed by atoms with van der Waals surface area (Å²) < 4.78 is 1.06. The first-order valence-electron chi connectivity index (χ1n) is 6.42. The molecule has 1 aliphatic rings. The molecule has 0 aliphatic carbocycles. The van der Waals surface area contributed by atoms with Crippen molar-refractivity contribution in [2.75, 3.05) is 11.4 Å². The molecule has 1 saturated heterocycles. The van der Waals surface area contributed by atoms with Gasteiger partial charge in [0.05, 0.1) is 16.6 Å². The number of carboxylic acid groups (broad SMARTS) is 1. The van der Waals surface area contributed by atoms with Crippen LogP contribution in [-0.2, 0) is 4.79 Å². The number of carbonyl (C=O) groups is 1. The van der Waals surface area contributed by atoms with Crippen molar-refractivity contribution in [2.45, 2.75) is 31.7 Å². The average Bonchev–Trinajstić information content (AvgIpc) is 2.87. The fraction of sp³-hybridized carbons (Fsp3) is 0.462. The first-order chi connectivity index (χ1) is 9.25. The Morgan fingerprint density at radius 1 is 1.47 bits per heavy atom. The minimum Gasteiger partial charge on any atom is -0.481 e. The molecule has 0 amide bonds. The van der Waals surface area contributed by atoms with Gasteiger partial charge in [-0.15, -0.1) is 11.3 Å². The standard InChI is InChI=1S/C13H15N3O2S/c17-11(18)7-9-3-1-2-5-16(9)13-12-10(4-6-19-12)14-8-15-13/h4,6,8-9H,1-3,5,7H2,(H,17,18). The number of hydrogen-bond donors (Lipinski definition) is 1. The Bertz CT molecular complexity index is 598. The van der Waals surface area contributed by atoms with Crippen molar-refractivity contribution in [2.24, 2.45) is 0 Å². The van der Waals surface area contributed by atoms with Gasteiger partial charge in [0.1, 0.15) is 12.1 Å². The van der Waals surface area contributed by atoms with Gasteiger partial charge in [0, 0.05) is 12.6 Å². The predicted molar refractivity (Wildman–Crippen MR) is 74.7 cm³/mol. The van der Waals surface area contributed by atoms with Crippen LogP contribution in [0.3, 0.4) is 0 Å². The van der Waals surface area contributed by atoms with Crippen molar-refractivity contribution in [3.8, 4) is 0 Å². The van der Waals surface area contributed by atoms with Crippen LogP contribution in [0.25, 0.3) is 10.2 Å². The predicted octanol–water partition coefficient (Wildman–Crippen LogP) is 2.52. The summed E-state index contributed by atoms with van der Waals surface area (Å²) in [5.74, 6) is 0.152. The number of aromatic nitrogens is 2. The molecule has 1 fully saturated rings. The van der Waals surface area contributed by atoms with Crippen LogP contribution in [0, 0.1) is 0 Å². The first-order valence-corrected chi connectivity index (χ1v) is 7.30. The Labute approximate surface area is 114 Å². The van der Waals surface area contributed by atoms with E-state index >= 15 is 0 Å².